The van der Waals surface area contributed by atoms with Crippen LogP contribution in [0.4, 0.5) is 0 Å². The van der Waals surface area contributed by atoms with Crippen molar-refractivity contribution in [1.82, 2.24) is 24.1 Å². The number of fused-ring (bicyclic) bond motifs is 11. The van der Waals surface area contributed by atoms with E-state index in [1.807, 2.05) is 11.8 Å². The summed E-state index contributed by atoms with van der Waals surface area (Å²) in [7, 11) is 0. The van der Waals surface area contributed by atoms with E-state index in [1.54, 1.807) is 0 Å². The summed E-state index contributed by atoms with van der Waals surface area (Å²) in [6, 6.07) is 63.3. The first-order chi connectivity index (χ1) is 29.5. The van der Waals surface area contributed by atoms with Crippen LogP contribution >= 0.6 is 11.8 Å². The van der Waals surface area contributed by atoms with Crippen molar-refractivity contribution >= 4 is 55.4 Å². The second-order valence-electron chi connectivity index (χ2n) is 16.4. The molecular weight excluding hydrogens is 751 g/mol. The minimum absolute atomic E-state index is 0.154. The average Bonchev–Trinajstić information content (AvgIpc) is 3.90. The van der Waals surface area contributed by atoms with Crippen molar-refractivity contribution in [3.05, 3.63) is 187 Å². The highest BCUT2D eigenvalue weighted by molar-refractivity contribution is 7.99. The standard InChI is InChI=1S/C54H35N5S/c1-54(2)42-23-10-8-19-37(42)38-28-26-33(30-43(38)54)50-55-51(57-52(56-50)39-21-12-15-32-14-6-7-18-36(32)39)34-27-29-46-45(31-34)59-49-41(22-13-25-47(49)60-46)48-40-20-9-11-24-44(40)58(53(48)59)35-16-4-3-5-17-35/h3-31H,1-2H3. The highest BCUT2D eigenvalue weighted by Crippen LogP contribution is 2.51. The molecule has 0 N–H and O–H groups in total. The van der Waals surface area contributed by atoms with Crippen molar-refractivity contribution in [2.24, 2.45) is 0 Å². The molecule has 0 amide bonds. The lowest BCUT2D eigenvalue weighted by Crippen LogP contribution is -2.15. The summed E-state index contributed by atoms with van der Waals surface area (Å²) < 4.78 is 4.91. The fourth-order valence-electron chi connectivity index (χ4n) is 9.97. The lowest BCUT2D eigenvalue weighted by Gasteiger charge is -2.22. The number of nitrogens with zero attached hydrogens (tertiary/aromatic N) is 5. The molecule has 3 aromatic heterocycles. The molecule has 1 aliphatic heterocycles. The maximum Gasteiger partial charge on any atom is 0.164 e. The van der Waals surface area contributed by atoms with Crippen LogP contribution in [0.1, 0.15) is 25.0 Å². The Kier molecular flexibility index (Phi) is 6.94. The van der Waals surface area contributed by atoms with Crippen molar-refractivity contribution < 1.29 is 0 Å². The van der Waals surface area contributed by atoms with Crippen LogP contribution in [0.15, 0.2) is 186 Å². The van der Waals surface area contributed by atoms with Gasteiger partial charge in [0.2, 0.25) is 0 Å². The SMILES string of the molecule is CC1(C)c2ccccc2-c2ccc(-c3nc(-c4ccc5c(c4)-n4c6c(cccc6c6c7ccccc7n(-c7ccccc7)c64)S5)nc(-c4cccc5ccccc45)n3)cc21. The van der Waals surface area contributed by atoms with Crippen molar-refractivity contribution in [2.45, 2.75) is 29.1 Å². The van der Waals surface area contributed by atoms with E-state index in [1.165, 1.54) is 59.2 Å². The van der Waals surface area contributed by atoms with Gasteiger partial charge in [0.05, 0.1) is 16.7 Å². The summed E-state index contributed by atoms with van der Waals surface area (Å²) in [6.45, 7) is 4.63. The second-order valence-corrected chi connectivity index (χ2v) is 17.5. The van der Waals surface area contributed by atoms with Crippen LogP contribution in [-0.4, -0.2) is 24.1 Å². The van der Waals surface area contributed by atoms with Crippen LogP contribution in [0.3, 0.4) is 0 Å². The molecule has 0 unspecified atom stereocenters. The predicted octanol–water partition coefficient (Wildman–Crippen LogP) is 13.8. The van der Waals surface area contributed by atoms with E-state index in [4.69, 9.17) is 15.0 Å². The number of hydrogen-bond donors (Lipinski definition) is 0. The molecule has 8 aromatic carbocycles. The van der Waals surface area contributed by atoms with Crippen molar-refractivity contribution in [3.8, 4) is 56.7 Å². The van der Waals surface area contributed by atoms with E-state index in [0.29, 0.717) is 17.5 Å². The Labute approximate surface area is 350 Å². The summed E-state index contributed by atoms with van der Waals surface area (Å²) in [6.07, 6.45) is 0. The van der Waals surface area contributed by atoms with E-state index in [2.05, 4.69) is 199 Å². The summed E-state index contributed by atoms with van der Waals surface area (Å²) in [5, 5.41) is 6.00. The molecule has 0 atom stereocenters. The molecule has 4 heterocycles. The Morgan fingerprint density at radius 3 is 2.00 bits per heavy atom. The van der Waals surface area contributed by atoms with Gasteiger partial charge in [-0.25, -0.2) is 15.0 Å². The molecule has 11 aromatic rings. The lowest BCUT2D eigenvalue weighted by molar-refractivity contribution is 0.660. The van der Waals surface area contributed by atoms with Gasteiger partial charge in [0.1, 0.15) is 5.65 Å². The predicted molar refractivity (Wildman–Crippen MR) is 246 cm³/mol. The smallest absolute Gasteiger partial charge is 0.164 e. The second kappa shape index (κ2) is 12.4. The van der Waals surface area contributed by atoms with Gasteiger partial charge >= 0.3 is 0 Å². The van der Waals surface area contributed by atoms with Crippen molar-refractivity contribution in [2.75, 3.05) is 0 Å². The summed E-state index contributed by atoms with van der Waals surface area (Å²) >= 11 is 1.83. The van der Waals surface area contributed by atoms with Crippen LogP contribution in [0.2, 0.25) is 0 Å². The highest BCUT2D eigenvalue weighted by atomic mass is 32.2. The van der Waals surface area contributed by atoms with Gasteiger partial charge in [-0.1, -0.05) is 153 Å². The van der Waals surface area contributed by atoms with Gasteiger partial charge in [-0.15, -0.1) is 0 Å². The molecule has 2 aliphatic rings. The van der Waals surface area contributed by atoms with E-state index in [9.17, 15) is 0 Å². The lowest BCUT2D eigenvalue weighted by atomic mass is 9.82. The molecule has 60 heavy (non-hydrogen) atoms. The summed E-state index contributed by atoms with van der Waals surface area (Å²) in [5.41, 5.74) is 13.7. The van der Waals surface area contributed by atoms with Gasteiger partial charge in [0.15, 0.2) is 17.5 Å². The normalized spacial score (nSPS) is 13.6. The average molecular weight is 786 g/mol. The Morgan fingerprint density at radius 1 is 0.467 bits per heavy atom. The molecule has 5 nitrogen and oxygen atoms in total. The molecular formula is C54H35N5S. The monoisotopic (exact) mass is 785 g/mol. The fourth-order valence-corrected chi connectivity index (χ4v) is 11.0. The van der Waals surface area contributed by atoms with Crippen LogP contribution < -0.4 is 0 Å². The van der Waals surface area contributed by atoms with E-state index in [-0.39, 0.29) is 5.41 Å². The van der Waals surface area contributed by atoms with Gasteiger partial charge in [0, 0.05) is 53.7 Å². The Morgan fingerprint density at radius 2 is 1.12 bits per heavy atom. The number of aromatic nitrogens is 5. The van der Waals surface area contributed by atoms with Gasteiger partial charge in [-0.2, -0.15) is 0 Å². The zero-order valence-electron chi connectivity index (χ0n) is 32.9. The molecule has 1 aliphatic carbocycles. The third kappa shape index (κ3) is 4.68. The number of rotatable bonds is 4. The Balaban J connectivity index is 1.06. The fraction of sp³-hybridized carbons (Fsp3) is 0.0556. The summed E-state index contributed by atoms with van der Waals surface area (Å²) in [5.74, 6) is 1.95. The highest BCUT2D eigenvalue weighted by Gasteiger charge is 2.36. The third-order valence-corrected chi connectivity index (χ3v) is 13.9. The van der Waals surface area contributed by atoms with Gasteiger partial charge in [-0.3, -0.25) is 9.13 Å². The first-order valence-electron chi connectivity index (χ1n) is 20.4. The Bertz CT molecular complexity index is 3610. The Hall–Kier alpha value is -7.28. The molecule has 0 fully saturated rings. The van der Waals surface area contributed by atoms with Gasteiger partial charge in [0.25, 0.3) is 0 Å². The molecule has 0 saturated carbocycles. The molecule has 13 rings (SSSR count). The van der Waals surface area contributed by atoms with Crippen LogP contribution in [0.5, 0.6) is 0 Å². The number of para-hydroxylation sites is 3. The maximum absolute atomic E-state index is 5.35. The number of hydrogen-bond acceptors (Lipinski definition) is 4. The first-order valence-corrected chi connectivity index (χ1v) is 21.3. The van der Waals surface area contributed by atoms with Crippen LogP contribution in [0, 0.1) is 0 Å². The summed E-state index contributed by atoms with van der Waals surface area (Å²) in [4.78, 5) is 18.4. The molecule has 0 radical (unpaired) electrons. The van der Waals surface area contributed by atoms with Crippen LogP contribution in [0.25, 0.3) is 100 Å². The third-order valence-electron chi connectivity index (χ3n) is 12.8. The number of benzene rings is 8. The zero-order valence-corrected chi connectivity index (χ0v) is 33.7. The molecule has 0 bridgehead atoms. The molecule has 0 saturated heterocycles. The topological polar surface area (TPSA) is 48.5 Å². The van der Waals surface area contributed by atoms with Crippen molar-refractivity contribution in [1.29, 1.82) is 0 Å². The quantitative estimate of drug-likeness (QED) is 0.178. The first kappa shape index (κ1) is 33.7. The largest absolute Gasteiger partial charge is 0.295 e. The maximum atomic E-state index is 5.35. The van der Waals surface area contributed by atoms with E-state index < -0.39 is 0 Å². The van der Waals surface area contributed by atoms with E-state index in [0.717, 1.165) is 44.5 Å². The minimum atomic E-state index is -0.154. The molecule has 6 heteroatoms. The molecule has 0 spiro atoms. The van der Waals surface area contributed by atoms with Gasteiger partial charge < -0.3 is 0 Å². The van der Waals surface area contributed by atoms with Gasteiger partial charge in [-0.05, 0) is 81.6 Å². The van der Waals surface area contributed by atoms with Crippen LogP contribution in [-0.2, 0) is 5.41 Å². The zero-order chi connectivity index (χ0) is 39.7. The van der Waals surface area contributed by atoms with E-state index >= 15 is 0 Å². The molecule has 282 valence electrons. The van der Waals surface area contributed by atoms with Crippen molar-refractivity contribution in [3.63, 3.8) is 0 Å². The minimum Gasteiger partial charge on any atom is -0.295 e.